The van der Waals surface area contributed by atoms with E-state index < -0.39 is 5.97 Å². The molecular formula is C11H12O3S. The van der Waals surface area contributed by atoms with Gasteiger partial charge in [-0.05, 0) is 30.9 Å². The molecule has 0 N–H and O–H groups in total. The van der Waals surface area contributed by atoms with Crippen LogP contribution < -0.4 is 0 Å². The minimum atomic E-state index is -0.464. The first-order chi connectivity index (χ1) is 7.20. The van der Waals surface area contributed by atoms with Crippen LogP contribution in [0.25, 0.3) is 0 Å². The molecule has 1 heterocycles. The minimum absolute atomic E-state index is 0.124. The summed E-state index contributed by atoms with van der Waals surface area (Å²) in [7, 11) is 1.30. The summed E-state index contributed by atoms with van der Waals surface area (Å²) in [5.41, 5.74) is 1.29. The number of carbonyl (C=O) groups excluding carboxylic acids is 2. The van der Waals surface area contributed by atoms with Crippen LogP contribution in [0.2, 0.25) is 0 Å². The monoisotopic (exact) mass is 224 g/mol. The van der Waals surface area contributed by atoms with E-state index in [9.17, 15) is 9.59 Å². The van der Waals surface area contributed by atoms with Crippen molar-refractivity contribution in [3.8, 4) is 0 Å². The minimum Gasteiger partial charge on any atom is -0.469 e. The molecule has 0 amide bonds. The Kier molecular flexibility index (Phi) is 2.86. The number of methoxy groups -OCH3 is 1. The summed E-state index contributed by atoms with van der Waals surface area (Å²) < 4.78 is 4.46. The SMILES string of the molecule is COC(=O)CC(=O)c1cc2c(s1)CCC2. The zero-order valence-corrected chi connectivity index (χ0v) is 9.36. The van der Waals surface area contributed by atoms with E-state index in [1.807, 2.05) is 6.07 Å². The normalized spacial score (nSPS) is 13.7. The third-order valence-corrected chi connectivity index (χ3v) is 3.83. The quantitative estimate of drug-likeness (QED) is 0.448. The number of esters is 1. The lowest BCUT2D eigenvalue weighted by Crippen LogP contribution is -2.08. The van der Waals surface area contributed by atoms with E-state index in [2.05, 4.69) is 4.74 Å². The summed E-state index contributed by atoms with van der Waals surface area (Å²) in [4.78, 5) is 24.6. The van der Waals surface area contributed by atoms with E-state index in [1.54, 1.807) is 0 Å². The molecule has 1 aromatic rings. The lowest BCUT2D eigenvalue weighted by molar-refractivity contribution is -0.139. The Morgan fingerprint density at radius 1 is 1.47 bits per heavy atom. The van der Waals surface area contributed by atoms with Crippen LogP contribution in [0.5, 0.6) is 0 Å². The fourth-order valence-electron chi connectivity index (χ4n) is 1.76. The molecule has 0 bridgehead atoms. The van der Waals surface area contributed by atoms with Crippen LogP contribution in [-0.2, 0) is 22.4 Å². The number of aryl methyl sites for hydroxylation is 2. The summed E-state index contributed by atoms with van der Waals surface area (Å²) in [5.74, 6) is -0.588. The number of hydrogen-bond acceptors (Lipinski definition) is 4. The first kappa shape index (κ1) is 10.4. The predicted octanol–water partition coefficient (Wildman–Crippen LogP) is 1.98. The Balaban J connectivity index is 2.09. The first-order valence-corrected chi connectivity index (χ1v) is 5.74. The molecule has 0 saturated carbocycles. The Morgan fingerprint density at radius 2 is 2.27 bits per heavy atom. The second-order valence-electron chi connectivity index (χ2n) is 3.59. The van der Waals surface area contributed by atoms with Crippen molar-refractivity contribution >= 4 is 23.1 Å². The van der Waals surface area contributed by atoms with Crippen LogP contribution in [0.15, 0.2) is 6.07 Å². The van der Waals surface area contributed by atoms with Gasteiger partial charge < -0.3 is 4.74 Å². The van der Waals surface area contributed by atoms with Crippen molar-refractivity contribution in [2.75, 3.05) is 7.11 Å². The molecule has 0 radical (unpaired) electrons. The third kappa shape index (κ3) is 2.09. The van der Waals surface area contributed by atoms with E-state index in [4.69, 9.17) is 0 Å². The van der Waals surface area contributed by atoms with Gasteiger partial charge in [-0.15, -0.1) is 11.3 Å². The zero-order chi connectivity index (χ0) is 10.8. The van der Waals surface area contributed by atoms with Crippen molar-refractivity contribution in [3.05, 3.63) is 21.4 Å². The lowest BCUT2D eigenvalue weighted by atomic mass is 10.2. The van der Waals surface area contributed by atoms with Crippen LogP contribution in [0.1, 0.15) is 33.0 Å². The van der Waals surface area contributed by atoms with Crippen molar-refractivity contribution in [1.82, 2.24) is 0 Å². The number of thiophene rings is 1. The average molecular weight is 224 g/mol. The molecule has 80 valence electrons. The van der Waals surface area contributed by atoms with Crippen molar-refractivity contribution in [1.29, 1.82) is 0 Å². The van der Waals surface area contributed by atoms with Crippen LogP contribution in [0.4, 0.5) is 0 Å². The second kappa shape index (κ2) is 4.14. The molecule has 0 aromatic carbocycles. The van der Waals surface area contributed by atoms with Crippen LogP contribution >= 0.6 is 11.3 Å². The highest BCUT2D eigenvalue weighted by atomic mass is 32.1. The highest BCUT2D eigenvalue weighted by molar-refractivity contribution is 7.14. The number of fused-ring (bicyclic) bond motifs is 1. The molecule has 4 heteroatoms. The van der Waals surface area contributed by atoms with Gasteiger partial charge in [0.25, 0.3) is 0 Å². The Bertz CT molecular complexity index is 384. The van der Waals surface area contributed by atoms with Crippen molar-refractivity contribution in [2.45, 2.75) is 25.7 Å². The molecule has 0 aliphatic heterocycles. The molecule has 0 unspecified atom stereocenters. The van der Waals surface area contributed by atoms with Crippen LogP contribution in [0.3, 0.4) is 0 Å². The summed E-state index contributed by atoms with van der Waals surface area (Å²) in [5, 5.41) is 0. The fourth-order valence-corrected chi connectivity index (χ4v) is 2.95. The van der Waals surface area contributed by atoms with E-state index >= 15 is 0 Å². The van der Waals surface area contributed by atoms with Gasteiger partial charge in [0.15, 0.2) is 5.78 Å². The smallest absolute Gasteiger partial charge is 0.313 e. The molecule has 0 atom stereocenters. The molecule has 3 nitrogen and oxygen atoms in total. The molecular weight excluding hydrogens is 212 g/mol. The number of carbonyl (C=O) groups is 2. The predicted molar refractivity (Wildman–Crippen MR) is 57.3 cm³/mol. The zero-order valence-electron chi connectivity index (χ0n) is 8.54. The van der Waals surface area contributed by atoms with Gasteiger partial charge in [-0.2, -0.15) is 0 Å². The van der Waals surface area contributed by atoms with Gasteiger partial charge in [-0.1, -0.05) is 0 Å². The number of rotatable bonds is 3. The van der Waals surface area contributed by atoms with Gasteiger partial charge in [0.1, 0.15) is 6.42 Å². The summed E-state index contributed by atoms with van der Waals surface area (Å²) in [6.45, 7) is 0. The standard InChI is InChI=1S/C11H12O3S/c1-14-11(13)6-8(12)10-5-7-3-2-4-9(7)15-10/h5H,2-4,6H2,1H3. The maximum absolute atomic E-state index is 11.6. The van der Waals surface area contributed by atoms with Crippen molar-refractivity contribution in [2.24, 2.45) is 0 Å². The molecule has 1 aromatic heterocycles. The van der Waals surface area contributed by atoms with E-state index in [0.29, 0.717) is 4.88 Å². The van der Waals surface area contributed by atoms with Crippen LogP contribution in [0, 0.1) is 0 Å². The first-order valence-electron chi connectivity index (χ1n) is 4.92. The molecule has 1 aliphatic rings. The maximum Gasteiger partial charge on any atom is 0.313 e. The molecule has 2 rings (SSSR count). The molecule has 0 fully saturated rings. The summed E-state index contributed by atoms with van der Waals surface area (Å²) >= 11 is 1.53. The number of Topliss-reactive ketones (excluding diaryl/α,β-unsaturated/α-hetero) is 1. The van der Waals surface area contributed by atoms with E-state index in [1.165, 1.54) is 35.3 Å². The van der Waals surface area contributed by atoms with Gasteiger partial charge in [0.2, 0.25) is 0 Å². The molecule has 0 spiro atoms. The van der Waals surface area contributed by atoms with Gasteiger partial charge >= 0.3 is 5.97 Å². The Labute approximate surface area is 92.1 Å². The largest absolute Gasteiger partial charge is 0.469 e. The number of ketones is 1. The highest BCUT2D eigenvalue weighted by Crippen LogP contribution is 2.31. The van der Waals surface area contributed by atoms with Crippen molar-refractivity contribution in [3.63, 3.8) is 0 Å². The van der Waals surface area contributed by atoms with E-state index in [-0.39, 0.29) is 12.2 Å². The maximum atomic E-state index is 11.6. The Morgan fingerprint density at radius 3 is 2.93 bits per heavy atom. The van der Waals surface area contributed by atoms with Crippen LogP contribution in [-0.4, -0.2) is 18.9 Å². The highest BCUT2D eigenvalue weighted by Gasteiger charge is 2.20. The third-order valence-electron chi connectivity index (χ3n) is 2.55. The number of hydrogen-bond donors (Lipinski definition) is 0. The molecule has 1 aliphatic carbocycles. The van der Waals surface area contributed by atoms with Gasteiger partial charge in [0.05, 0.1) is 12.0 Å². The number of ether oxygens (including phenoxy) is 1. The molecule has 0 saturated heterocycles. The average Bonchev–Trinajstić information content (AvgIpc) is 2.76. The topological polar surface area (TPSA) is 43.4 Å². The van der Waals surface area contributed by atoms with Gasteiger partial charge in [0, 0.05) is 4.88 Å². The van der Waals surface area contributed by atoms with Crippen molar-refractivity contribution < 1.29 is 14.3 Å². The fraction of sp³-hybridized carbons (Fsp3) is 0.455. The van der Waals surface area contributed by atoms with E-state index in [0.717, 1.165) is 12.8 Å². The second-order valence-corrected chi connectivity index (χ2v) is 4.73. The molecule has 15 heavy (non-hydrogen) atoms. The summed E-state index contributed by atoms with van der Waals surface area (Å²) in [6, 6.07) is 1.93. The lowest BCUT2D eigenvalue weighted by Gasteiger charge is -1.96. The van der Waals surface area contributed by atoms with Gasteiger partial charge in [-0.25, -0.2) is 0 Å². The Hall–Kier alpha value is -1.16. The van der Waals surface area contributed by atoms with Gasteiger partial charge in [-0.3, -0.25) is 9.59 Å². The summed E-state index contributed by atoms with van der Waals surface area (Å²) in [6.07, 6.45) is 3.19.